The van der Waals surface area contributed by atoms with Crippen LogP contribution in [0.25, 0.3) is 0 Å². The van der Waals surface area contributed by atoms with Crippen molar-refractivity contribution in [3.63, 3.8) is 0 Å². The molecule has 2 aliphatic carbocycles. The molecule has 0 heterocycles. The van der Waals surface area contributed by atoms with Crippen LogP contribution in [0.15, 0.2) is 24.3 Å². The lowest BCUT2D eigenvalue weighted by molar-refractivity contribution is 0.110. The Bertz CT molecular complexity index is 440. The van der Waals surface area contributed by atoms with Crippen molar-refractivity contribution in [3.8, 4) is 0 Å². The second-order valence-corrected chi connectivity index (χ2v) is 6.65. The van der Waals surface area contributed by atoms with E-state index in [1.807, 2.05) is 12.1 Å². The van der Waals surface area contributed by atoms with E-state index in [9.17, 15) is 4.39 Å². The van der Waals surface area contributed by atoms with Crippen LogP contribution in [0.4, 0.5) is 4.39 Å². The summed E-state index contributed by atoms with van der Waals surface area (Å²) in [7, 11) is 0. The van der Waals surface area contributed by atoms with Crippen molar-refractivity contribution in [2.75, 3.05) is 6.54 Å². The Kier molecular flexibility index (Phi) is 2.74. The summed E-state index contributed by atoms with van der Waals surface area (Å²) < 4.78 is 14.1. The predicted octanol–water partition coefficient (Wildman–Crippen LogP) is 3.64. The van der Waals surface area contributed by atoms with E-state index in [2.05, 4.69) is 19.2 Å². The summed E-state index contributed by atoms with van der Waals surface area (Å²) in [5.74, 6) is -0.0291. The van der Waals surface area contributed by atoms with Gasteiger partial charge in [-0.05, 0) is 42.7 Å². The van der Waals surface area contributed by atoms with E-state index in [1.165, 1.54) is 25.7 Å². The Morgan fingerprint density at radius 3 is 2.44 bits per heavy atom. The van der Waals surface area contributed by atoms with Crippen LogP contribution in [-0.4, -0.2) is 12.6 Å². The first-order chi connectivity index (χ1) is 8.55. The summed E-state index contributed by atoms with van der Waals surface area (Å²) in [5.41, 5.74) is 1.56. The van der Waals surface area contributed by atoms with Crippen molar-refractivity contribution >= 4 is 0 Å². The summed E-state index contributed by atoms with van der Waals surface area (Å²) in [5, 5.41) is 3.51. The van der Waals surface area contributed by atoms with Gasteiger partial charge >= 0.3 is 0 Å². The normalized spacial score (nSPS) is 23.1. The molecular weight excluding hydrogens is 225 g/mol. The van der Waals surface area contributed by atoms with Gasteiger partial charge in [0.05, 0.1) is 0 Å². The molecule has 0 amide bonds. The van der Waals surface area contributed by atoms with Crippen LogP contribution in [0.1, 0.15) is 45.1 Å². The smallest absolute Gasteiger partial charge is 0.127 e. The average Bonchev–Trinajstić information content (AvgIpc) is 3.05. The highest BCUT2D eigenvalue weighted by atomic mass is 19.1. The van der Waals surface area contributed by atoms with E-state index in [0.717, 1.165) is 12.1 Å². The number of benzene rings is 1. The Labute approximate surface area is 109 Å². The molecule has 3 rings (SSSR count). The zero-order valence-corrected chi connectivity index (χ0v) is 11.3. The molecule has 1 nitrogen and oxygen atoms in total. The largest absolute Gasteiger partial charge is 0.314 e. The maximum absolute atomic E-state index is 14.1. The highest BCUT2D eigenvalue weighted by Gasteiger charge is 2.61. The molecule has 1 spiro atoms. The van der Waals surface area contributed by atoms with Gasteiger partial charge in [0.15, 0.2) is 0 Å². The summed E-state index contributed by atoms with van der Waals surface area (Å²) in [6.07, 6.45) is 5.04. The topological polar surface area (TPSA) is 12.0 Å². The number of rotatable bonds is 4. The standard InChI is InChI=1S/C16H22FN/c1-12(2)18-11-16(9-15(10-16)7-8-15)13-5-3-4-6-14(13)17/h3-6,12,18H,7-11H2,1-2H3. The molecule has 0 saturated heterocycles. The van der Waals surface area contributed by atoms with Gasteiger partial charge in [0.25, 0.3) is 0 Å². The summed E-state index contributed by atoms with van der Waals surface area (Å²) >= 11 is 0. The zero-order valence-electron chi connectivity index (χ0n) is 11.3. The van der Waals surface area contributed by atoms with Crippen molar-refractivity contribution in [3.05, 3.63) is 35.6 Å². The molecule has 1 aromatic carbocycles. The minimum atomic E-state index is -0.0291. The van der Waals surface area contributed by atoms with Crippen molar-refractivity contribution in [1.82, 2.24) is 5.32 Å². The van der Waals surface area contributed by atoms with Crippen LogP contribution in [0.3, 0.4) is 0 Å². The van der Waals surface area contributed by atoms with Gasteiger partial charge in [-0.25, -0.2) is 4.39 Å². The molecule has 1 aromatic rings. The lowest BCUT2D eigenvalue weighted by Crippen LogP contribution is -2.51. The third-order valence-corrected chi connectivity index (χ3v) is 4.68. The monoisotopic (exact) mass is 247 g/mol. The predicted molar refractivity (Wildman–Crippen MR) is 72.1 cm³/mol. The molecule has 98 valence electrons. The van der Waals surface area contributed by atoms with Gasteiger partial charge in [-0.1, -0.05) is 32.0 Å². The van der Waals surface area contributed by atoms with Crippen molar-refractivity contribution in [2.24, 2.45) is 5.41 Å². The minimum Gasteiger partial charge on any atom is -0.314 e. The van der Waals surface area contributed by atoms with Gasteiger partial charge in [0.2, 0.25) is 0 Å². The molecule has 0 radical (unpaired) electrons. The molecule has 2 fully saturated rings. The summed E-state index contributed by atoms with van der Waals surface area (Å²) in [6.45, 7) is 5.22. The Morgan fingerprint density at radius 2 is 1.89 bits per heavy atom. The van der Waals surface area contributed by atoms with E-state index >= 15 is 0 Å². The number of halogens is 1. The third-order valence-electron chi connectivity index (χ3n) is 4.68. The van der Waals surface area contributed by atoms with Gasteiger partial charge < -0.3 is 5.32 Å². The minimum absolute atomic E-state index is 0.0291. The molecule has 0 aliphatic heterocycles. The van der Waals surface area contributed by atoms with Gasteiger partial charge in [-0.2, -0.15) is 0 Å². The first-order valence-corrected chi connectivity index (χ1v) is 7.04. The molecule has 2 aliphatic rings. The van der Waals surface area contributed by atoms with Crippen molar-refractivity contribution < 1.29 is 4.39 Å². The second-order valence-electron chi connectivity index (χ2n) is 6.65. The summed E-state index contributed by atoms with van der Waals surface area (Å²) in [4.78, 5) is 0. The van der Waals surface area contributed by atoms with Crippen LogP contribution < -0.4 is 5.32 Å². The van der Waals surface area contributed by atoms with Gasteiger partial charge in [0, 0.05) is 18.0 Å². The van der Waals surface area contributed by atoms with Crippen LogP contribution in [0.5, 0.6) is 0 Å². The first kappa shape index (κ1) is 12.2. The maximum atomic E-state index is 14.1. The number of nitrogens with one attached hydrogen (secondary N) is 1. The van der Waals surface area contributed by atoms with E-state index < -0.39 is 0 Å². The third kappa shape index (κ3) is 1.97. The SMILES string of the molecule is CC(C)NCC1(c2ccccc2F)CC2(CC2)C1. The molecule has 2 saturated carbocycles. The average molecular weight is 247 g/mol. The quantitative estimate of drug-likeness (QED) is 0.856. The molecule has 0 aromatic heterocycles. The molecule has 0 bridgehead atoms. The van der Waals surface area contributed by atoms with Crippen LogP contribution >= 0.6 is 0 Å². The van der Waals surface area contributed by atoms with E-state index in [4.69, 9.17) is 0 Å². The fraction of sp³-hybridized carbons (Fsp3) is 0.625. The highest BCUT2D eigenvalue weighted by Crippen LogP contribution is 2.68. The Balaban J connectivity index is 1.84. The lowest BCUT2D eigenvalue weighted by atomic mass is 9.56. The van der Waals surface area contributed by atoms with Crippen LogP contribution in [-0.2, 0) is 5.41 Å². The Hall–Kier alpha value is -0.890. The van der Waals surface area contributed by atoms with Gasteiger partial charge in [0.1, 0.15) is 5.82 Å². The lowest BCUT2D eigenvalue weighted by Gasteiger charge is -2.50. The molecule has 0 unspecified atom stereocenters. The fourth-order valence-electron chi connectivity index (χ4n) is 3.62. The first-order valence-electron chi connectivity index (χ1n) is 7.04. The number of hydrogen-bond acceptors (Lipinski definition) is 1. The van der Waals surface area contributed by atoms with Crippen LogP contribution in [0, 0.1) is 11.2 Å². The van der Waals surface area contributed by atoms with E-state index in [-0.39, 0.29) is 11.2 Å². The van der Waals surface area contributed by atoms with Crippen LogP contribution in [0.2, 0.25) is 0 Å². The van der Waals surface area contributed by atoms with Gasteiger partial charge in [-0.3, -0.25) is 0 Å². The summed E-state index contributed by atoms with van der Waals surface area (Å²) in [6, 6.07) is 7.79. The fourth-order valence-corrected chi connectivity index (χ4v) is 3.62. The highest BCUT2D eigenvalue weighted by molar-refractivity contribution is 5.34. The van der Waals surface area contributed by atoms with Crippen molar-refractivity contribution in [2.45, 2.75) is 51.0 Å². The number of hydrogen-bond donors (Lipinski definition) is 1. The molecule has 0 atom stereocenters. The zero-order chi connectivity index (χ0) is 12.8. The molecular formula is C16H22FN. The van der Waals surface area contributed by atoms with Crippen molar-refractivity contribution in [1.29, 1.82) is 0 Å². The van der Waals surface area contributed by atoms with Gasteiger partial charge in [-0.15, -0.1) is 0 Å². The molecule has 1 N–H and O–H groups in total. The molecule has 18 heavy (non-hydrogen) atoms. The second kappa shape index (κ2) is 4.06. The Morgan fingerprint density at radius 1 is 1.22 bits per heavy atom. The van der Waals surface area contributed by atoms with E-state index in [1.54, 1.807) is 12.1 Å². The maximum Gasteiger partial charge on any atom is 0.127 e. The van der Waals surface area contributed by atoms with E-state index in [0.29, 0.717) is 11.5 Å². The molecule has 2 heteroatoms.